The molecule has 0 amide bonds. The molecule has 0 bridgehead atoms. The maximum absolute atomic E-state index is 10.2. The highest BCUT2D eigenvalue weighted by atomic mass is 16.1. The van der Waals surface area contributed by atoms with Gasteiger partial charge in [0.25, 0.3) is 0 Å². The Kier molecular flexibility index (Phi) is 7.12. The first-order valence-electron chi connectivity index (χ1n) is 5.14. The minimum Gasteiger partial charge on any atom is -0.303 e. The van der Waals surface area contributed by atoms with Crippen LogP contribution in [0.25, 0.3) is 0 Å². The van der Waals surface area contributed by atoms with Gasteiger partial charge in [0.05, 0.1) is 0 Å². The Balaban J connectivity index is 3.32. The molecule has 12 heavy (non-hydrogen) atoms. The van der Waals surface area contributed by atoms with Crippen LogP contribution in [0.4, 0.5) is 0 Å². The molecule has 0 N–H and O–H groups in total. The molecule has 0 saturated carbocycles. The monoisotopic (exact) mass is 170 g/mol. The van der Waals surface area contributed by atoms with E-state index in [0.717, 1.165) is 18.6 Å². The number of carbonyl (C=O) groups is 1. The molecular formula is C11H22O. The van der Waals surface area contributed by atoms with Crippen LogP contribution in [0.1, 0.15) is 52.9 Å². The summed E-state index contributed by atoms with van der Waals surface area (Å²) in [6, 6.07) is 0. The number of rotatable bonds is 7. The van der Waals surface area contributed by atoms with E-state index in [0.29, 0.717) is 5.92 Å². The molecule has 0 rings (SSSR count). The second-order valence-electron chi connectivity index (χ2n) is 3.98. The average molecular weight is 170 g/mol. The van der Waals surface area contributed by atoms with Gasteiger partial charge in [0.2, 0.25) is 0 Å². The van der Waals surface area contributed by atoms with Crippen molar-refractivity contribution in [1.29, 1.82) is 0 Å². The summed E-state index contributed by atoms with van der Waals surface area (Å²) in [5.41, 5.74) is 0. The third-order valence-electron chi connectivity index (χ3n) is 2.43. The molecule has 0 aliphatic heterocycles. The van der Waals surface area contributed by atoms with Crippen LogP contribution in [-0.4, -0.2) is 6.29 Å². The molecule has 2 unspecified atom stereocenters. The molecule has 0 aromatic carbocycles. The van der Waals surface area contributed by atoms with E-state index in [9.17, 15) is 4.79 Å². The minimum atomic E-state index is 0.585. The van der Waals surface area contributed by atoms with Crippen LogP contribution in [0.5, 0.6) is 0 Å². The summed E-state index contributed by atoms with van der Waals surface area (Å²) >= 11 is 0. The van der Waals surface area contributed by atoms with Gasteiger partial charge in [-0.25, -0.2) is 0 Å². The first kappa shape index (κ1) is 11.7. The SMILES string of the molecule is CCCC(C)CCC(C)CC=O. The van der Waals surface area contributed by atoms with E-state index < -0.39 is 0 Å². The number of hydrogen-bond donors (Lipinski definition) is 0. The van der Waals surface area contributed by atoms with Gasteiger partial charge < -0.3 is 4.79 Å². The fourth-order valence-corrected chi connectivity index (χ4v) is 1.49. The summed E-state index contributed by atoms with van der Waals surface area (Å²) in [4.78, 5) is 10.2. The topological polar surface area (TPSA) is 17.1 Å². The number of aldehydes is 1. The summed E-state index contributed by atoms with van der Waals surface area (Å²) in [7, 11) is 0. The van der Waals surface area contributed by atoms with E-state index in [4.69, 9.17) is 0 Å². The lowest BCUT2D eigenvalue weighted by Gasteiger charge is -2.12. The van der Waals surface area contributed by atoms with Gasteiger partial charge in [-0.2, -0.15) is 0 Å². The number of carbonyl (C=O) groups excluding carboxylic acids is 1. The fourth-order valence-electron chi connectivity index (χ4n) is 1.49. The summed E-state index contributed by atoms with van der Waals surface area (Å²) in [5, 5.41) is 0. The van der Waals surface area contributed by atoms with Crippen LogP contribution in [0.15, 0.2) is 0 Å². The molecular weight excluding hydrogens is 148 g/mol. The van der Waals surface area contributed by atoms with Crippen LogP contribution in [0, 0.1) is 11.8 Å². The molecule has 0 radical (unpaired) electrons. The van der Waals surface area contributed by atoms with Crippen molar-refractivity contribution in [2.24, 2.45) is 11.8 Å². The van der Waals surface area contributed by atoms with Gasteiger partial charge in [0.15, 0.2) is 0 Å². The Hall–Kier alpha value is -0.330. The van der Waals surface area contributed by atoms with Crippen molar-refractivity contribution in [1.82, 2.24) is 0 Å². The highest BCUT2D eigenvalue weighted by molar-refractivity contribution is 5.49. The predicted molar refractivity (Wildman–Crippen MR) is 53.2 cm³/mol. The first-order chi connectivity index (χ1) is 5.70. The van der Waals surface area contributed by atoms with E-state index in [2.05, 4.69) is 20.8 Å². The summed E-state index contributed by atoms with van der Waals surface area (Å²) in [5.74, 6) is 1.42. The molecule has 72 valence electrons. The van der Waals surface area contributed by atoms with Crippen LogP contribution < -0.4 is 0 Å². The summed E-state index contributed by atoms with van der Waals surface area (Å²) in [6.07, 6.45) is 6.87. The maximum atomic E-state index is 10.2. The highest BCUT2D eigenvalue weighted by Gasteiger charge is 2.05. The van der Waals surface area contributed by atoms with E-state index in [1.54, 1.807) is 0 Å². The molecule has 1 nitrogen and oxygen atoms in total. The zero-order valence-corrected chi connectivity index (χ0v) is 8.68. The van der Waals surface area contributed by atoms with E-state index in [-0.39, 0.29) is 0 Å². The van der Waals surface area contributed by atoms with Crippen molar-refractivity contribution >= 4 is 6.29 Å². The normalized spacial score (nSPS) is 15.6. The summed E-state index contributed by atoms with van der Waals surface area (Å²) in [6.45, 7) is 6.69. The lowest BCUT2D eigenvalue weighted by atomic mass is 9.94. The third-order valence-corrected chi connectivity index (χ3v) is 2.43. The first-order valence-corrected chi connectivity index (χ1v) is 5.14. The Bertz CT molecular complexity index is 110. The Morgan fingerprint density at radius 3 is 2.17 bits per heavy atom. The van der Waals surface area contributed by atoms with Crippen LogP contribution in [-0.2, 0) is 4.79 Å². The van der Waals surface area contributed by atoms with Gasteiger partial charge in [0.1, 0.15) is 6.29 Å². The maximum Gasteiger partial charge on any atom is 0.120 e. The van der Waals surface area contributed by atoms with Crippen molar-refractivity contribution in [3.63, 3.8) is 0 Å². The van der Waals surface area contributed by atoms with E-state index in [1.165, 1.54) is 25.7 Å². The van der Waals surface area contributed by atoms with Gasteiger partial charge in [-0.3, -0.25) is 0 Å². The minimum absolute atomic E-state index is 0.585. The third kappa shape index (κ3) is 6.38. The zero-order valence-electron chi connectivity index (χ0n) is 8.68. The molecule has 0 aromatic heterocycles. The van der Waals surface area contributed by atoms with Crippen LogP contribution in [0.2, 0.25) is 0 Å². The van der Waals surface area contributed by atoms with Gasteiger partial charge in [-0.1, -0.05) is 46.5 Å². The molecule has 0 saturated heterocycles. The Morgan fingerprint density at radius 2 is 1.67 bits per heavy atom. The molecule has 0 heterocycles. The van der Waals surface area contributed by atoms with Crippen LogP contribution in [0.3, 0.4) is 0 Å². The Labute approximate surface area is 76.6 Å². The smallest absolute Gasteiger partial charge is 0.120 e. The lowest BCUT2D eigenvalue weighted by Crippen LogP contribution is -2.00. The average Bonchev–Trinajstić information content (AvgIpc) is 2.02. The molecule has 2 atom stereocenters. The lowest BCUT2D eigenvalue weighted by molar-refractivity contribution is -0.108. The van der Waals surface area contributed by atoms with Crippen LogP contribution >= 0.6 is 0 Å². The van der Waals surface area contributed by atoms with Gasteiger partial charge in [-0.05, 0) is 11.8 Å². The molecule has 0 aliphatic rings. The van der Waals surface area contributed by atoms with Gasteiger partial charge in [0, 0.05) is 6.42 Å². The molecule has 0 aliphatic carbocycles. The Morgan fingerprint density at radius 1 is 1.08 bits per heavy atom. The quantitative estimate of drug-likeness (QED) is 0.535. The van der Waals surface area contributed by atoms with E-state index in [1.807, 2.05) is 0 Å². The van der Waals surface area contributed by atoms with Crippen molar-refractivity contribution < 1.29 is 4.79 Å². The fraction of sp³-hybridized carbons (Fsp3) is 0.909. The summed E-state index contributed by atoms with van der Waals surface area (Å²) < 4.78 is 0. The van der Waals surface area contributed by atoms with E-state index >= 15 is 0 Å². The second kappa shape index (κ2) is 7.33. The predicted octanol–water partition coefficient (Wildman–Crippen LogP) is 3.43. The van der Waals surface area contributed by atoms with Crippen molar-refractivity contribution in [3.05, 3.63) is 0 Å². The molecule has 0 spiro atoms. The van der Waals surface area contributed by atoms with Crippen molar-refractivity contribution in [3.8, 4) is 0 Å². The number of hydrogen-bond acceptors (Lipinski definition) is 1. The molecule has 0 aromatic rings. The van der Waals surface area contributed by atoms with Gasteiger partial charge >= 0.3 is 0 Å². The standard InChI is InChI=1S/C11H22O/c1-4-5-10(2)6-7-11(3)8-9-12/h9-11H,4-8H2,1-3H3. The second-order valence-corrected chi connectivity index (χ2v) is 3.98. The zero-order chi connectivity index (χ0) is 9.40. The highest BCUT2D eigenvalue weighted by Crippen LogP contribution is 2.17. The largest absolute Gasteiger partial charge is 0.303 e. The van der Waals surface area contributed by atoms with Crippen molar-refractivity contribution in [2.75, 3.05) is 0 Å². The molecule has 0 fully saturated rings. The van der Waals surface area contributed by atoms with Gasteiger partial charge in [-0.15, -0.1) is 0 Å². The van der Waals surface area contributed by atoms with Crippen molar-refractivity contribution in [2.45, 2.75) is 52.9 Å². The molecule has 1 heteroatoms.